The second-order valence-corrected chi connectivity index (χ2v) is 6.54. The predicted octanol–water partition coefficient (Wildman–Crippen LogP) is 6.09. The van der Waals surface area contributed by atoms with Crippen molar-refractivity contribution in [1.82, 2.24) is 0 Å². The summed E-state index contributed by atoms with van der Waals surface area (Å²) in [5.41, 5.74) is -0.0102. The Morgan fingerprint density at radius 3 is 2.20 bits per heavy atom. The minimum Gasteiger partial charge on any atom is -0.489 e. The number of halogens is 4. The Balaban J connectivity index is 2.87. The van der Waals surface area contributed by atoms with Crippen molar-refractivity contribution in [1.29, 1.82) is 0 Å². The molecule has 5 heteroatoms. The van der Waals surface area contributed by atoms with Gasteiger partial charge in [-0.1, -0.05) is 42.6 Å². The molecule has 0 spiro atoms. The molecule has 0 bridgehead atoms. The lowest BCUT2D eigenvalue weighted by Gasteiger charge is -2.31. The SMILES string of the molecule is CCCC(CBr)(CCC)COc1c(F)cc(F)cc1Br. The highest BCUT2D eigenvalue weighted by atomic mass is 79.9. The molecule has 0 heterocycles. The number of ether oxygens (including phenoxy) is 1. The van der Waals surface area contributed by atoms with Gasteiger partial charge in [0.05, 0.1) is 11.1 Å². The summed E-state index contributed by atoms with van der Waals surface area (Å²) in [5.74, 6) is -1.20. The summed E-state index contributed by atoms with van der Waals surface area (Å²) in [5, 5.41) is 0.808. The normalized spacial score (nSPS) is 11.7. The molecule has 0 fully saturated rings. The van der Waals surface area contributed by atoms with Crippen molar-refractivity contribution in [2.75, 3.05) is 11.9 Å². The van der Waals surface area contributed by atoms with Crippen LogP contribution >= 0.6 is 31.9 Å². The van der Waals surface area contributed by atoms with Crippen LogP contribution in [0.4, 0.5) is 8.78 Å². The van der Waals surface area contributed by atoms with Gasteiger partial charge in [0.2, 0.25) is 0 Å². The zero-order chi connectivity index (χ0) is 15.2. The highest BCUT2D eigenvalue weighted by Gasteiger charge is 2.29. The van der Waals surface area contributed by atoms with Gasteiger partial charge in [-0.3, -0.25) is 0 Å². The van der Waals surface area contributed by atoms with E-state index in [0.717, 1.165) is 37.1 Å². The van der Waals surface area contributed by atoms with Gasteiger partial charge < -0.3 is 4.74 Å². The maximum absolute atomic E-state index is 13.8. The van der Waals surface area contributed by atoms with Crippen molar-refractivity contribution in [2.24, 2.45) is 5.41 Å². The molecule has 0 atom stereocenters. The molecule has 1 aromatic rings. The van der Waals surface area contributed by atoms with Crippen molar-refractivity contribution in [3.8, 4) is 5.75 Å². The molecule has 0 aliphatic carbocycles. The quantitative estimate of drug-likeness (QED) is 0.468. The van der Waals surface area contributed by atoms with Crippen molar-refractivity contribution >= 4 is 31.9 Å². The first-order valence-electron chi connectivity index (χ1n) is 6.81. The Morgan fingerprint density at radius 1 is 1.15 bits per heavy atom. The molecule has 0 radical (unpaired) electrons. The van der Waals surface area contributed by atoms with E-state index in [-0.39, 0.29) is 11.2 Å². The Labute approximate surface area is 136 Å². The van der Waals surface area contributed by atoms with Gasteiger partial charge in [-0.2, -0.15) is 0 Å². The summed E-state index contributed by atoms with van der Waals surface area (Å²) in [6, 6.07) is 2.06. The van der Waals surface area contributed by atoms with Gasteiger partial charge in [0.25, 0.3) is 0 Å². The fraction of sp³-hybridized carbons (Fsp3) is 0.600. The smallest absolute Gasteiger partial charge is 0.169 e. The Hall–Kier alpha value is -0.160. The highest BCUT2D eigenvalue weighted by Crippen LogP contribution is 2.35. The molecule has 0 aliphatic heterocycles. The summed E-state index contributed by atoms with van der Waals surface area (Å²) in [6.45, 7) is 4.67. The number of hydrogen-bond acceptors (Lipinski definition) is 1. The van der Waals surface area contributed by atoms with E-state index in [1.54, 1.807) is 0 Å². The molecule has 0 aliphatic rings. The molecule has 1 nitrogen and oxygen atoms in total. The Kier molecular flexibility index (Phi) is 7.45. The van der Waals surface area contributed by atoms with Crippen LogP contribution in [0, 0.1) is 17.0 Å². The standard InChI is InChI=1S/C15H20Br2F2O/c1-3-5-15(9-16,6-4-2)10-20-14-12(17)7-11(18)8-13(14)19/h7-8H,3-6,9-10H2,1-2H3. The zero-order valence-corrected chi connectivity index (χ0v) is 15.0. The van der Waals surface area contributed by atoms with Crippen molar-refractivity contribution in [3.05, 3.63) is 28.2 Å². The monoisotopic (exact) mass is 412 g/mol. The predicted molar refractivity (Wildman–Crippen MR) is 85.6 cm³/mol. The minimum absolute atomic E-state index is 0.0102. The van der Waals surface area contributed by atoms with Crippen LogP contribution in [0.2, 0.25) is 0 Å². The first kappa shape index (κ1) is 17.9. The van der Waals surface area contributed by atoms with Crippen molar-refractivity contribution in [2.45, 2.75) is 39.5 Å². The third-order valence-electron chi connectivity index (χ3n) is 3.33. The second-order valence-electron chi connectivity index (χ2n) is 5.12. The second kappa shape index (κ2) is 8.32. The van der Waals surface area contributed by atoms with Gasteiger partial charge in [-0.25, -0.2) is 8.78 Å². The first-order valence-corrected chi connectivity index (χ1v) is 8.72. The number of benzene rings is 1. The summed E-state index contributed by atoms with van der Waals surface area (Å²) < 4.78 is 32.8. The van der Waals surface area contributed by atoms with E-state index in [0.29, 0.717) is 11.1 Å². The van der Waals surface area contributed by atoms with Crippen LogP contribution in [-0.2, 0) is 0 Å². The van der Waals surface area contributed by atoms with Crippen LogP contribution in [-0.4, -0.2) is 11.9 Å². The molecule has 1 rings (SSSR count). The lowest BCUT2D eigenvalue weighted by molar-refractivity contribution is 0.139. The Morgan fingerprint density at radius 2 is 1.75 bits per heavy atom. The Bertz CT molecular complexity index is 409. The average molecular weight is 414 g/mol. The fourth-order valence-corrected chi connectivity index (χ4v) is 3.64. The van der Waals surface area contributed by atoms with Crippen LogP contribution in [0.25, 0.3) is 0 Å². The zero-order valence-electron chi connectivity index (χ0n) is 11.8. The van der Waals surface area contributed by atoms with Crippen LogP contribution in [0.5, 0.6) is 5.75 Å². The van der Waals surface area contributed by atoms with E-state index >= 15 is 0 Å². The average Bonchev–Trinajstić information content (AvgIpc) is 2.37. The van der Waals surface area contributed by atoms with Gasteiger partial charge in [0.1, 0.15) is 5.82 Å². The third-order valence-corrected chi connectivity index (χ3v) is 5.11. The molecular formula is C15H20Br2F2O. The van der Waals surface area contributed by atoms with Crippen molar-refractivity contribution in [3.63, 3.8) is 0 Å². The lowest BCUT2D eigenvalue weighted by atomic mass is 9.82. The largest absolute Gasteiger partial charge is 0.489 e. The molecular weight excluding hydrogens is 394 g/mol. The van der Waals surface area contributed by atoms with E-state index in [1.165, 1.54) is 6.07 Å². The minimum atomic E-state index is -0.673. The number of alkyl halides is 1. The first-order chi connectivity index (χ1) is 9.48. The van der Waals surface area contributed by atoms with E-state index in [2.05, 4.69) is 45.7 Å². The molecule has 0 N–H and O–H groups in total. The molecule has 1 aromatic carbocycles. The molecule has 0 amide bonds. The van der Waals surface area contributed by atoms with Crippen molar-refractivity contribution < 1.29 is 13.5 Å². The summed E-state index contributed by atoms with van der Waals surface area (Å²) in [4.78, 5) is 0. The summed E-state index contributed by atoms with van der Waals surface area (Å²) in [6.07, 6.45) is 4.10. The molecule has 0 saturated heterocycles. The fourth-order valence-electron chi connectivity index (χ4n) is 2.39. The van der Waals surface area contributed by atoms with Crippen LogP contribution in [0.1, 0.15) is 39.5 Å². The van der Waals surface area contributed by atoms with Gasteiger partial charge in [-0.15, -0.1) is 0 Å². The van der Waals surface area contributed by atoms with Crippen LogP contribution in [0.15, 0.2) is 16.6 Å². The summed E-state index contributed by atoms with van der Waals surface area (Å²) in [7, 11) is 0. The third kappa shape index (κ3) is 4.69. The van der Waals surface area contributed by atoms with Crippen LogP contribution < -0.4 is 4.74 Å². The molecule has 20 heavy (non-hydrogen) atoms. The van der Waals surface area contributed by atoms with E-state index in [9.17, 15) is 8.78 Å². The molecule has 0 aromatic heterocycles. The van der Waals surface area contributed by atoms with Gasteiger partial charge in [-0.05, 0) is 34.8 Å². The lowest BCUT2D eigenvalue weighted by Crippen LogP contribution is -2.30. The van der Waals surface area contributed by atoms with Gasteiger partial charge in [0.15, 0.2) is 11.6 Å². The van der Waals surface area contributed by atoms with Crippen LogP contribution in [0.3, 0.4) is 0 Å². The van der Waals surface area contributed by atoms with E-state index in [1.807, 2.05) is 0 Å². The maximum Gasteiger partial charge on any atom is 0.169 e. The van der Waals surface area contributed by atoms with Gasteiger partial charge in [0, 0.05) is 16.8 Å². The molecule has 114 valence electrons. The summed E-state index contributed by atoms with van der Waals surface area (Å²) >= 11 is 6.70. The number of rotatable bonds is 8. The molecule has 0 saturated carbocycles. The maximum atomic E-state index is 13.8. The van der Waals surface area contributed by atoms with E-state index in [4.69, 9.17) is 4.74 Å². The van der Waals surface area contributed by atoms with Gasteiger partial charge >= 0.3 is 0 Å². The molecule has 0 unspecified atom stereocenters. The van der Waals surface area contributed by atoms with E-state index < -0.39 is 11.6 Å². The topological polar surface area (TPSA) is 9.23 Å². The highest BCUT2D eigenvalue weighted by molar-refractivity contribution is 9.10. The number of hydrogen-bond donors (Lipinski definition) is 0.